The van der Waals surface area contributed by atoms with E-state index in [0.29, 0.717) is 31.2 Å². The highest BCUT2D eigenvalue weighted by Crippen LogP contribution is 2.29. The van der Waals surface area contributed by atoms with Crippen molar-refractivity contribution in [1.82, 2.24) is 4.90 Å². The summed E-state index contributed by atoms with van der Waals surface area (Å²) in [6.07, 6.45) is 0.146. The number of benzene rings is 1. The van der Waals surface area contributed by atoms with Crippen LogP contribution in [0.4, 0.5) is 0 Å². The molecule has 0 aliphatic heterocycles. The quantitative estimate of drug-likeness (QED) is 0.710. The maximum Gasteiger partial charge on any atom is 0.304 e. The van der Waals surface area contributed by atoms with Gasteiger partial charge in [0, 0.05) is 18.0 Å². The van der Waals surface area contributed by atoms with Crippen molar-refractivity contribution in [3.63, 3.8) is 0 Å². The number of aliphatic carboxylic acids is 1. The fraction of sp³-hybridized carbons (Fsp3) is 0.389. The van der Waals surface area contributed by atoms with Gasteiger partial charge >= 0.3 is 5.97 Å². The van der Waals surface area contributed by atoms with E-state index in [4.69, 9.17) is 14.6 Å². The van der Waals surface area contributed by atoms with Crippen LogP contribution in [0.3, 0.4) is 0 Å². The van der Waals surface area contributed by atoms with Crippen LogP contribution in [0.1, 0.15) is 23.8 Å². The van der Waals surface area contributed by atoms with Gasteiger partial charge in [-0.1, -0.05) is 19.1 Å². The average molecular weight is 349 g/mol. The molecular weight excluding hydrogens is 326 g/mol. The van der Waals surface area contributed by atoms with Gasteiger partial charge in [-0.2, -0.15) is 0 Å². The van der Waals surface area contributed by atoms with Crippen molar-refractivity contribution < 1.29 is 19.4 Å². The molecule has 1 N–H and O–H groups in total. The minimum atomic E-state index is -0.775. The van der Waals surface area contributed by atoms with Crippen molar-refractivity contribution in [2.45, 2.75) is 26.5 Å². The van der Waals surface area contributed by atoms with Crippen LogP contribution in [0.5, 0.6) is 11.5 Å². The standard InChI is InChI=1S/C18H23NO4S/c1-3-19(9-8-18(20)21)12-14-6-7-16(17(11-14)22-2)23-13-15-5-4-10-24-15/h4-7,10-11H,3,8-9,12-13H2,1-2H3,(H,20,21). The first-order chi connectivity index (χ1) is 11.6. The topological polar surface area (TPSA) is 59.0 Å². The van der Waals surface area contributed by atoms with Gasteiger partial charge < -0.3 is 14.6 Å². The Morgan fingerprint density at radius 1 is 1.29 bits per heavy atom. The van der Waals surface area contributed by atoms with Crippen molar-refractivity contribution in [3.05, 3.63) is 46.2 Å². The Hall–Kier alpha value is -2.05. The highest BCUT2D eigenvalue weighted by atomic mass is 32.1. The molecule has 5 nitrogen and oxygen atoms in total. The van der Waals surface area contributed by atoms with Crippen LogP contribution in [-0.4, -0.2) is 36.2 Å². The van der Waals surface area contributed by atoms with Gasteiger partial charge in [0.1, 0.15) is 6.61 Å². The Balaban J connectivity index is 2.00. The van der Waals surface area contributed by atoms with Crippen molar-refractivity contribution in [2.75, 3.05) is 20.2 Å². The summed E-state index contributed by atoms with van der Waals surface area (Å²) in [5, 5.41) is 10.8. The molecule has 6 heteroatoms. The minimum absolute atomic E-state index is 0.146. The predicted octanol–water partition coefficient (Wildman–Crippen LogP) is 3.63. The lowest BCUT2D eigenvalue weighted by molar-refractivity contribution is -0.137. The van der Waals surface area contributed by atoms with E-state index in [2.05, 4.69) is 4.90 Å². The second-order valence-electron chi connectivity index (χ2n) is 5.37. The number of rotatable bonds is 10. The molecule has 2 rings (SSSR count). The summed E-state index contributed by atoms with van der Waals surface area (Å²) in [4.78, 5) is 14.0. The molecular formula is C18H23NO4S. The zero-order chi connectivity index (χ0) is 17.4. The summed E-state index contributed by atoms with van der Waals surface area (Å²) in [6.45, 7) is 4.56. The van der Waals surface area contributed by atoms with E-state index >= 15 is 0 Å². The Kier molecular flexibility index (Phi) is 7.08. The van der Waals surface area contributed by atoms with E-state index in [1.807, 2.05) is 42.6 Å². The second-order valence-corrected chi connectivity index (χ2v) is 6.40. The van der Waals surface area contributed by atoms with E-state index in [-0.39, 0.29) is 6.42 Å². The number of carboxylic acids is 1. The van der Waals surface area contributed by atoms with Crippen LogP contribution in [-0.2, 0) is 17.9 Å². The average Bonchev–Trinajstić information content (AvgIpc) is 3.10. The lowest BCUT2D eigenvalue weighted by Gasteiger charge is -2.20. The van der Waals surface area contributed by atoms with E-state index in [1.165, 1.54) is 0 Å². The summed E-state index contributed by atoms with van der Waals surface area (Å²) < 4.78 is 11.3. The molecule has 0 atom stereocenters. The lowest BCUT2D eigenvalue weighted by atomic mass is 10.2. The molecule has 0 bridgehead atoms. The number of thiophene rings is 1. The molecule has 0 fully saturated rings. The normalized spacial score (nSPS) is 10.8. The molecule has 0 amide bonds. The van der Waals surface area contributed by atoms with Crippen LogP contribution in [0.25, 0.3) is 0 Å². The Morgan fingerprint density at radius 2 is 2.12 bits per heavy atom. The molecule has 0 aliphatic rings. The monoisotopic (exact) mass is 349 g/mol. The van der Waals surface area contributed by atoms with Crippen LogP contribution in [0.2, 0.25) is 0 Å². The van der Waals surface area contributed by atoms with Crippen LogP contribution in [0, 0.1) is 0 Å². The summed E-state index contributed by atoms with van der Waals surface area (Å²) in [5.41, 5.74) is 1.07. The molecule has 1 aromatic heterocycles. The van der Waals surface area contributed by atoms with Crippen molar-refractivity contribution in [3.8, 4) is 11.5 Å². The van der Waals surface area contributed by atoms with Gasteiger partial charge in [-0.25, -0.2) is 0 Å². The molecule has 24 heavy (non-hydrogen) atoms. The lowest BCUT2D eigenvalue weighted by Crippen LogP contribution is -2.25. The first-order valence-electron chi connectivity index (χ1n) is 7.88. The van der Waals surface area contributed by atoms with Gasteiger partial charge in [-0.3, -0.25) is 9.69 Å². The summed E-state index contributed by atoms with van der Waals surface area (Å²) in [6, 6.07) is 9.89. The highest BCUT2D eigenvalue weighted by Gasteiger charge is 2.10. The first-order valence-corrected chi connectivity index (χ1v) is 8.76. The Bertz CT molecular complexity index is 642. The predicted molar refractivity (Wildman–Crippen MR) is 94.8 cm³/mol. The van der Waals surface area contributed by atoms with Gasteiger partial charge in [0.25, 0.3) is 0 Å². The van der Waals surface area contributed by atoms with Crippen LogP contribution >= 0.6 is 11.3 Å². The third-order valence-corrected chi connectivity index (χ3v) is 4.52. The smallest absolute Gasteiger partial charge is 0.304 e. The second kappa shape index (κ2) is 9.30. The van der Waals surface area contributed by atoms with E-state index in [0.717, 1.165) is 17.0 Å². The molecule has 0 spiro atoms. The van der Waals surface area contributed by atoms with Crippen LogP contribution < -0.4 is 9.47 Å². The van der Waals surface area contributed by atoms with Crippen molar-refractivity contribution in [1.29, 1.82) is 0 Å². The number of hydrogen-bond acceptors (Lipinski definition) is 5. The van der Waals surface area contributed by atoms with Gasteiger partial charge in [0.15, 0.2) is 11.5 Å². The minimum Gasteiger partial charge on any atom is -0.493 e. The van der Waals surface area contributed by atoms with E-state index in [1.54, 1.807) is 18.4 Å². The number of ether oxygens (including phenoxy) is 2. The Labute approximate surface area is 146 Å². The SMILES string of the molecule is CCN(CCC(=O)O)Cc1ccc(OCc2cccs2)c(OC)c1. The largest absolute Gasteiger partial charge is 0.493 e. The number of hydrogen-bond donors (Lipinski definition) is 1. The Morgan fingerprint density at radius 3 is 2.75 bits per heavy atom. The number of methoxy groups -OCH3 is 1. The number of carboxylic acid groups (broad SMARTS) is 1. The first kappa shape index (κ1) is 18.3. The molecule has 0 saturated heterocycles. The molecule has 0 saturated carbocycles. The van der Waals surface area contributed by atoms with Crippen LogP contribution in [0.15, 0.2) is 35.7 Å². The third-order valence-electron chi connectivity index (χ3n) is 3.67. The number of nitrogens with zero attached hydrogens (tertiary/aromatic N) is 1. The fourth-order valence-electron chi connectivity index (χ4n) is 2.33. The summed E-state index contributed by atoms with van der Waals surface area (Å²) in [7, 11) is 1.62. The summed E-state index contributed by atoms with van der Waals surface area (Å²) >= 11 is 1.66. The molecule has 1 aromatic carbocycles. The maximum atomic E-state index is 10.7. The zero-order valence-corrected chi connectivity index (χ0v) is 14.8. The van der Waals surface area contributed by atoms with E-state index < -0.39 is 5.97 Å². The van der Waals surface area contributed by atoms with Gasteiger partial charge in [-0.15, -0.1) is 11.3 Å². The number of carbonyl (C=O) groups is 1. The van der Waals surface area contributed by atoms with Crippen molar-refractivity contribution in [2.24, 2.45) is 0 Å². The zero-order valence-electron chi connectivity index (χ0n) is 14.0. The maximum absolute atomic E-state index is 10.7. The van der Waals surface area contributed by atoms with E-state index in [9.17, 15) is 4.79 Å². The third kappa shape index (κ3) is 5.54. The molecule has 0 radical (unpaired) electrons. The molecule has 2 aromatic rings. The molecule has 1 heterocycles. The van der Waals surface area contributed by atoms with Gasteiger partial charge in [0.05, 0.1) is 13.5 Å². The molecule has 0 aliphatic carbocycles. The highest BCUT2D eigenvalue weighted by molar-refractivity contribution is 7.09. The molecule has 130 valence electrons. The van der Waals surface area contributed by atoms with Crippen molar-refractivity contribution >= 4 is 17.3 Å². The van der Waals surface area contributed by atoms with Gasteiger partial charge in [0.2, 0.25) is 0 Å². The van der Waals surface area contributed by atoms with Gasteiger partial charge in [-0.05, 0) is 35.7 Å². The molecule has 0 unspecified atom stereocenters. The summed E-state index contributed by atoms with van der Waals surface area (Å²) in [5.74, 6) is 0.630. The fourth-order valence-corrected chi connectivity index (χ4v) is 2.95.